The van der Waals surface area contributed by atoms with Crippen LogP contribution in [0.2, 0.25) is 0 Å². The molecule has 128 valence electrons. The molecule has 1 fully saturated rings. The van der Waals surface area contributed by atoms with Crippen LogP contribution in [0.15, 0.2) is 11.0 Å². The van der Waals surface area contributed by atoms with Crippen molar-refractivity contribution in [3.8, 4) is 0 Å². The second-order valence-corrected chi connectivity index (χ2v) is 8.19. The fourth-order valence-electron chi connectivity index (χ4n) is 3.22. The molecule has 1 heterocycles. The molecule has 1 atom stereocenters. The van der Waals surface area contributed by atoms with E-state index in [1.807, 2.05) is 33.8 Å². The molecule has 0 amide bonds. The van der Waals surface area contributed by atoms with Gasteiger partial charge in [-0.15, -0.1) is 0 Å². The molecule has 1 aromatic carbocycles. The van der Waals surface area contributed by atoms with Crippen molar-refractivity contribution in [3.63, 3.8) is 0 Å². The van der Waals surface area contributed by atoms with Gasteiger partial charge in [0.15, 0.2) is 0 Å². The highest BCUT2D eigenvalue weighted by atomic mass is 32.2. The second-order valence-electron chi connectivity index (χ2n) is 6.31. The van der Waals surface area contributed by atoms with Crippen molar-refractivity contribution >= 4 is 16.0 Å². The van der Waals surface area contributed by atoms with Gasteiger partial charge in [-0.05, 0) is 62.8 Å². The first-order chi connectivity index (χ1) is 10.7. The van der Waals surface area contributed by atoms with Crippen molar-refractivity contribution in [3.05, 3.63) is 28.3 Å². The first-order valence-corrected chi connectivity index (χ1v) is 9.29. The summed E-state index contributed by atoms with van der Waals surface area (Å²) in [4.78, 5) is 12.2. The fourth-order valence-corrected chi connectivity index (χ4v) is 5.32. The number of carbonyl (C=O) groups is 1. The Bertz CT molecular complexity index is 698. The number of carbonyl (C=O) groups excluding carboxylic acids is 1. The summed E-state index contributed by atoms with van der Waals surface area (Å²) in [5.41, 5.74) is 3.50. The average molecular weight is 339 g/mol. The number of ether oxygens (including phenoxy) is 1. The normalized spacial score (nSPS) is 19.6. The number of hydrogen-bond donors (Lipinski definition) is 0. The highest BCUT2D eigenvalue weighted by molar-refractivity contribution is 7.89. The highest BCUT2D eigenvalue weighted by Gasteiger charge is 2.35. The summed E-state index contributed by atoms with van der Waals surface area (Å²) >= 11 is 0. The van der Waals surface area contributed by atoms with Crippen molar-refractivity contribution in [1.29, 1.82) is 0 Å². The van der Waals surface area contributed by atoms with Crippen molar-refractivity contribution in [2.45, 2.75) is 45.4 Å². The van der Waals surface area contributed by atoms with Crippen LogP contribution in [0.4, 0.5) is 0 Å². The van der Waals surface area contributed by atoms with Gasteiger partial charge in [-0.2, -0.15) is 4.31 Å². The Labute approximate surface area is 138 Å². The molecule has 0 spiro atoms. The summed E-state index contributed by atoms with van der Waals surface area (Å²) in [5, 5.41) is 0. The zero-order chi connectivity index (χ0) is 17.4. The SMILES string of the molecule is COC(=O)[C@@H]1CCCN(S(=O)(=O)c2c(C)c(C)cc(C)c2C)C1. The van der Waals surface area contributed by atoms with E-state index in [-0.39, 0.29) is 18.4 Å². The van der Waals surface area contributed by atoms with E-state index in [0.717, 1.165) is 22.3 Å². The van der Waals surface area contributed by atoms with E-state index in [2.05, 4.69) is 0 Å². The molecule has 1 aromatic rings. The minimum absolute atomic E-state index is 0.195. The van der Waals surface area contributed by atoms with Gasteiger partial charge in [0.2, 0.25) is 10.0 Å². The lowest BCUT2D eigenvalue weighted by atomic mass is 10.0. The van der Waals surface area contributed by atoms with Crippen molar-refractivity contribution in [2.75, 3.05) is 20.2 Å². The first-order valence-electron chi connectivity index (χ1n) is 7.85. The van der Waals surface area contributed by atoms with E-state index in [9.17, 15) is 13.2 Å². The largest absolute Gasteiger partial charge is 0.469 e. The second kappa shape index (κ2) is 6.61. The van der Waals surface area contributed by atoms with Gasteiger partial charge in [-0.25, -0.2) is 8.42 Å². The Balaban J connectivity index is 2.45. The third-order valence-electron chi connectivity index (χ3n) is 4.81. The molecule has 6 heteroatoms. The van der Waals surface area contributed by atoms with Gasteiger partial charge < -0.3 is 4.74 Å². The fraction of sp³-hybridized carbons (Fsp3) is 0.588. The number of nitrogens with zero attached hydrogens (tertiary/aromatic N) is 1. The smallest absolute Gasteiger partial charge is 0.309 e. The van der Waals surface area contributed by atoms with Crippen molar-refractivity contribution in [1.82, 2.24) is 4.31 Å². The van der Waals surface area contributed by atoms with Crippen LogP contribution >= 0.6 is 0 Å². The molecule has 1 aliphatic rings. The Morgan fingerprint density at radius 3 is 2.26 bits per heavy atom. The van der Waals surface area contributed by atoms with E-state index in [1.54, 1.807) is 0 Å². The van der Waals surface area contributed by atoms with Crippen LogP contribution in [0.1, 0.15) is 35.1 Å². The molecular weight excluding hydrogens is 314 g/mol. The molecular formula is C17H25NO4S. The molecule has 0 saturated carbocycles. The maximum Gasteiger partial charge on any atom is 0.309 e. The topological polar surface area (TPSA) is 63.7 Å². The maximum absolute atomic E-state index is 13.2. The van der Waals surface area contributed by atoms with Crippen LogP contribution in [0.3, 0.4) is 0 Å². The molecule has 2 rings (SSSR count). The Hall–Kier alpha value is -1.40. The number of sulfonamides is 1. The lowest BCUT2D eigenvalue weighted by molar-refractivity contribution is -0.146. The number of methoxy groups -OCH3 is 1. The first kappa shape index (κ1) is 17.9. The van der Waals surface area contributed by atoms with E-state index in [0.29, 0.717) is 24.3 Å². The Morgan fingerprint density at radius 1 is 1.17 bits per heavy atom. The quantitative estimate of drug-likeness (QED) is 0.794. The molecule has 0 aliphatic carbocycles. The zero-order valence-electron chi connectivity index (χ0n) is 14.5. The minimum Gasteiger partial charge on any atom is -0.469 e. The maximum atomic E-state index is 13.2. The highest BCUT2D eigenvalue weighted by Crippen LogP contribution is 2.31. The van der Waals surface area contributed by atoms with Gasteiger partial charge in [0.1, 0.15) is 0 Å². The molecule has 1 aliphatic heterocycles. The molecule has 0 aromatic heterocycles. The van der Waals surface area contributed by atoms with E-state index < -0.39 is 10.0 Å². The van der Waals surface area contributed by atoms with Gasteiger partial charge >= 0.3 is 5.97 Å². The van der Waals surface area contributed by atoms with E-state index >= 15 is 0 Å². The van der Waals surface area contributed by atoms with Crippen LogP contribution < -0.4 is 0 Å². The van der Waals surface area contributed by atoms with E-state index in [1.165, 1.54) is 11.4 Å². The summed E-state index contributed by atoms with van der Waals surface area (Å²) < 4.78 is 32.5. The standard InChI is InChI=1S/C17H25NO4S/c1-11-9-12(2)14(4)16(13(11)3)23(20,21)18-8-6-7-15(10-18)17(19)22-5/h9,15H,6-8,10H2,1-5H3/t15-/m1/s1. The lowest BCUT2D eigenvalue weighted by Crippen LogP contribution is -2.43. The van der Waals surface area contributed by atoms with E-state index in [4.69, 9.17) is 4.74 Å². The summed E-state index contributed by atoms with van der Waals surface area (Å²) in [5.74, 6) is -0.714. The van der Waals surface area contributed by atoms with Crippen molar-refractivity contribution < 1.29 is 17.9 Å². The molecule has 1 saturated heterocycles. The summed E-state index contributed by atoms with van der Waals surface area (Å²) in [6, 6.07) is 2.01. The van der Waals surface area contributed by atoms with Crippen LogP contribution in [-0.2, 0) is 19.6 Å². The van der Waals surface area contributed by atoms with Crippen LogP contribution in [-0.4, -0.2) is 38.9 Å². The average Bonchev–Trinajstić information content (AvgIpc) is 2.52. The number of esters is 1. The van der Waals surface area contributed by atoms with Crippen LogP contribution in [0.25, 0.3) is 0 Å². The zero-order valence-corrected chi connectivity index (χ0v) is 15.3. The molecule has 0 unspecified atom stereocenters. The summed E-state index contributed by atoms with van der Waals surface area (Å²) in [6.07, 6.45) is 1.34. The van der Waals surface area contributed by atoms with Gasteiger partial charge in [-0.1, -0.05) is 6.07 Å². The Kier molecular flexibility index (Phi) is 5.16. The number of hydrogen-bond acceptors (Lipinski definition) is 4. The van der Waals surface area contributed by atoms with Crippen molar-refractivity contribution in [2.24, 2.45) is 5.92 Å². The van der Waals surface area contributed by atoms with Crippen LogP contribution in [0.5, 0.6) is 0 Å². The summed E-state index contributed by atoms with van der Waals surface area (Å²) in [6.45, 7) is 8.18. The number of benzene rings is 1. The number of piperidine rings is 1. The molecule has 0 bridgehead atoms. The van der Waals surface area contributed by atoms with Gasteiger partial charge in [0.25, 0.3) is 0 Å². The van der Waals surface area contributed by atoms with Gasteiger partial charge in [-0.3, -0.25) is 4.79 Å². The molecule has 0 radical (unpaired) electrons. The van der Waals surface area contributed by atoms with Crippen LogP contribution in [0, 0.1) is 33.6 Å². The minimum atomic E-state index is -3.62. The predicted octanol–water partition coefficient (Wildman–Crippen LogP) is 2.49. The molecule has 23 heavy (non-hydrogen) atoms. The summed E-state index contributed by atoms with van der Waals surface area (Å²) in [7, 11) is -2.28. The Morgan fingerprint density at radius 2 is 1.74 bits per heavy atom. The third-order valence-corrected chi connectivity index (χ3v) is 6.95. The number of aryl methyl sites for hydroxylation is 2. The van der Waals surface area contributed by atoms with Gasteiger partial charge in [0.05, 0.1) is 17.9 Å². The third kappa shape index (κ3) is 3.28. The number of rotatable bonds is 3. The lowest BCUT2D eigenvalue weighted by Gasteiger charge is -2.31. The predicted molar refractivity (Wildman–Crippen MR) is 88.9 cm³/mol. The van der Waals surface area contributed by atoms with Gasteiger partial charge in [0, 0.05) is 13.1 Å². The molecule has 5 nitrogen and oxygen atoms in total. The monoisotopic (exact) mass is 339 g/mol. The molecule has 0 N–H and O–H groups in total.